The number of fused-ring (bicyclic) bond motifs is 1. The molecule has 100 valence electrons. The highest BCUT2D eigenvalue weighted by Crippen LogP contribution is 2.19. The van der Waals surface area contributed by atoms with Gasteiger partial charge in [0.1, 0.15) is 5.82 Å². The molecule has 0 fully saturated rings. The minimum atomic E-state index is -0.616. The van der Waals surface area contributed by atoms with Crippen LogP contribution in [0.2, 0.25) is 5.02 Å². The van der Waals surface area contributed by atoms with Gasteiger partial charge in [-0.05, 0) is 36.4 Å². The number of benzene rings is 2. The molecule has 4 nitrogen and oxygen atoms in total. The lowest BCUT2D eigenvalue weighted by Crippen LogP contribution is -2.13. The van der Waals surface area contributed by atoms with E-state index in [1.165, 1.54) is 12.1 Å². The summed E-state index contributed by atoms with van der Waals surface area (Å²) in [6, 6.07) is 9.10. The van der Waals surface area contributed by atoms with Gasteiger partial charge >= 0.3 is 0 Å². The Hall–Kier alpha value is -2.40. The Morgan fingerprint density at radius 3 is 2.95 bits per heavy atom. The maximum absolute atomic E-state index is 13.6. The maximum atomic E-state index is 13.6. The lowest BCUT2D eigenvalue weighted by molar-refractivity contribution is 0.102. The van der Waals surface area contributed by atoms with Gasteiger partial charge in [0.2, 0.25) is 0 Å². The van der Waals surface area contributed by atoms with E-state index in [2.05, 4.69) is 15.5 Å². The van der Waals surface area contributed by atoms with Gasteiger partial charge in [-0.25, -0.2) is 4.39 Å². The third-order valence-corrected chi connectivity index (χ3v) is 3.11. The Kier molecular flexibility index (Phi) is 3.12. The van der Waals surface area contributed by atoms with Crippen LogP contribution < -0.4 is 5.32 Å². The Labute approximate surface area is 118 Å². The molecule has 0 aliphatic heterocycles. The molecule has 1 aromatic heterocycles. The molecular weight excluding hydrogens is 281 g/mol. The van der Waals surface area contributed by atoms with E-state index in [1.54, 1.807) is 18.3 Å². The molecule has 0 spiro atoms. The molecule has 0 aliphatic carbocycles. The number of nitrogens with zero attached hydrogens (tertiary/aromatic N) is 1. The zero-order valence-corrected chi connectivity index (χ0v) is 10.9. The van der Waals surface area contributed by atoms with Gasteiger partial charge in [-0.2, -0.15) is 5.10 Å². The molecule has 0 atom stereocenters. The van der Waals surface area contributed by atoms with Crippen molar-refractivity contribution in [3.63, 3.8) is 0 Å². The molecule has 1 amide bonds. The van der Waals surface area contributed by atoms with E-state index >= 15 is 0 Å². The third-order valence-electron chi connectivity index (χ3n) is 2.87. The summed E-state index contributed by atoms with van der Waals surface area (Å²) in [6.07, 6.45) is 1.68. The van der Waals surface area contributed by atoms with E-state index in [9.17, 15) is 9.18 Å². The fourth-order valence-electron chi connectivity index (χ4n) is 1.88. The lowest BCUT2D eigenvalue weighted by atomic mass is 10.2. The van der Waals surface area contributed by atoms with Gasteiger partial charge in [0.15, 0.2) is 0 Å². The minimum Gasteiger partial charge on any atom is -0.322 e. The zero-order chi connectivity index (χ0) is 14.1. The van der Waals surface area contributed by atoms with Crippen molar-refractivity contribution < 1.29 is 9.18 Å². The second-order valence-electron chi connectivity index (χ2n) is 4.25. The first kappa shape index (κ1) is 12.6. The number of carbonyl (C=O) groups excluding carboxylic acids is 1. The Morgan fingerprint density at radius 1 is 1.25 bits per heavy atom. The first-order valence-electron chi connectivity index (χ1n) is 5.83. The quantitative estimate of drug-likeness (QED) is 0.757. The zero-order valence-electron chi connectivity index (χ0n) is 10.2. The molecule has 0 saturated heterocycles. The molecule has 6 heteroatoms. The average molecular weight is 290 g/mol. The van der Waals surface area contributed by atoms with Crippen molar-refractivity contribution in [3.8, 4) is 0 Å². The van der Waals surface area contributed by atoms with E-state index in [4.69, 9.17) is 11.6 Å². The normalized spacial score (nSPS) is 10.7. The predicted octanol–water partition coefficient (Wildman–Crippen LogP) is 3.61. The molecule has 2 N–H and O–H groups in total. The van der Waals surface area contributed by atoms with Crippen molar-refractivity contribution in [2.24, 2.45) is 0 Å². The molecule has 0 unspecified atom stereocenters. The molecule has 3 aromatic rings. The van der Waals surface area contributed by atoms with Crippen LogP contribution in [0.1, 0.15) is 10.4 Å². The summed E-state index contributed by atoms with van der Waals surface area (Å²) in [6.45, 7) is 0. The first-order valence-corrected chi connectivity index (χ1v) is 6.21. The van der Waals surface area contributed by atoms with Gasteiger partial charge in [0, 0.05) is 16.1 Å². The Balaban J connectivity index is 1.89. The lowest BCUT2D eigenvalue weighted by Gasteiger charge is -2.06. The van der Waals surface area contributed by atoms with Crippen LogP contribution in [-0.2, 0) is 0 Å². The first-order chi connectivity index (χ1) is 9.63. The summed E-state index contributed by atoms with van der Waals surface area (Å²) in [7, 11) is 0. The van der Waals surface area contributed by atoms with Crippen LogP contribution in [0, 0.1) is 5.82 Å². The fraction of sp³-hybridized carbons (Fsp3) is 0. The molecule has 2 aromatic carbocycles. The monoisotopic (exact) mass is 289 g/mol. The van der Waals surface area contributed by atoms with E-state index < -0.39 is 11.7 Å². The number of amides is 1. The molecule has 0 saturated carbocycles. The van der Waals surface area contributed by atoms with Gasteiger partial charge in [-0.3, -0.25) is 9.89 Å². The van der Waals surface area contributed by atoms with Crippen LogP contribution in [0.3, 0.4) is 0 Å². The molecule has 0 radical (unpaired) electrons. The highest BCUT2D eigenvalue weighted by Gasteiger charge is 2.12. The van der Waals surface area contributed by atoms with E-state index in [1.807, 2.05) is 6.07 Å². The van der Waals surface area contributed by atoms with Crippen molar-refractivity contribution in [1.82, 2.24) is 10.2 Å². The van der Waals surface area contributed by atoms with Crippen molar-refractivity contribution in [3.05, 3.63) is 59.0 Å². The summed E-state index contributed by atoms with van der Waals surface area (Å²) in [5, 5.41) is 10.5. The molecule has 1 heterocycles. The number of anilines is 1. The SMILES string of the molecule is O=C(Nc1ccc2cn[nH]c2c1)c1cc(Cl)ccc1F. The van der Waals surface area contributed by atoms with Gasteiger partial charge in [0.25, 0.3) is 5.91 Å². The minimum absolute atomic E-state index is 0.0952. The van der Waals surface area contributed by atoms with Gasteiger partial charge in [0.05, 0.1) is 17.3 Å². The highest BCUT2D eigenvalue weighted by atomic mass is 35.5. The van der Waals surface area contributed by atoms with Crippen LogP contribution >= 0.6 is 11.6 Å². The topological polar surface area (TPSA) is 57.8 Å². The number of nitrogens with one attached hydrogen (secondary N) is 2. The maximum Gasteiger partial charge on any atom is 0.258 e. The van der Waals surface area contributed by atoms with Gasteiger partial charge in [-0.1, -0.05) is 11.6 Å². The Bertz CT molecular complexity index is 800. The van der Waals surface area contributed by atoms with Crippen LogP contribution in [-0.4, -0.2) is 16.1 Å². The standard InChI is InChI=1S/C14H9ClFN3O/c15-9-2-4-12(16)11(5-9)14(20)18-10-3-1-8-7-17-19-13(8)6-10/h1-7H,(H,17,19)(H,18,20). The molecule has 20 heavy (non-hydrogen) atoms. The number of hydrogen-bond acceptors (Lipinski definition) is 2. The van der Waals surface area contributed by atoms with Crippen LogP contribution in [0.15, 0.2) is 42.6 Å². The number of aromatic nitrogens is 2. The molecule has 3 rings (SSSR count). The van der Waals surface area contributed by atoms with Crippen LogP contribution in [0.25, 0.3) is 10.9 Å². The summed E-state index contributed by atoms with van der Waals surface area (Å²) in [5.74, 6) is -1.17. The second kappa shape index (κ2) is 4.94. The van der Waals surface area contributed by atoms with Gasteiger partial charge in [-0.15, -0.1) is 0 Å². The summed E-state index contributed by atoms with van der Waals surface area (Å²) in [4.78, 5) is 12.0. The number of carbonyl (C=O) groups is 1. The van der Waals surface area contributed by atoms with E-state index in [0.29, 0.717) is 10.7 Å². The van der Waals surface area contributed by atoms with Crippen molar-refractivity contribution in [2.75, 3.05) is 5.32 Å². The smallest absolute Gasteiger partial charge is 0.258 e. The average Bonchev–Trinajstić information content (AvgIpc) is 2.89. The largest absolute Gasteiger partial charge is 0.322 e. The van der Waals surface area contributed by atoms with Crippen LogP contribution in [0.4, 0.5) is 10.1 Å². The third kappa shape index (κ3) is 2.35. The number of rotatable bonds is 2. The number of hydrogen-bond donors (Lipinski definition) is 2. The molecular formula is C14H9ClFN3O. The summed E-state index contributed by atoms with van der Waals surface area (Å²) in [5.41, 5.74) is 1.24. The van der Waals surface area contributed by atoms with E-state index in [0.717, 1.165) is 17.0 Å². The second-order valence-corrected chi connectivity index (χ2v) is 4.69. The molecule has 0 aliphatic rings. The summed E-state index contributed by atoms with van der Waals surface area (Å²) >= 11 is 5.77. The summed E-state index contributed by atoms with van der Waals surface area (Å²) < 4.78 is 13.6. The van der Waals surface area contributed by atoms with Crippen molar-refractivity contribution in [2.45, 2.75) is 0 Å². The van der Waals surface area contributed by atoms with E-state index in [-0.39, 0.29) is 5.56 Å². The predicted molar refractivity (Wildman–Crippen MR) is 75.5 cm³/mol. The highest BCUT2D eigenvalue weighted by molar-refractivity contribution is 6.31. The number of H-pyrrole nitrogens is 1. The van der Waals surface area contributed by atoms with Crippen LogP contribution in [0.5, 0.6) is 0 Å². The number of aromatic amines is 1. The Morgan fingerprint density at radius 2 is 2.10 bits per heavy atom. The number of halogens is 2. The fourth-order valence-corrected chi connectivity index (χ4v) is 2.06. The van der Waals surface area contributed by atoms with Crippen molar-refractivity contribution >= 4 is 34.1 Å². The van der Waals surface area contributed by atoms with Gasteiger partial charge < -0.3 is 5.32 Å². The molecule has 0 bridgehead atoms. The van der Waals surface area contributed by atoms with Crippen molar-refractivity contribution in [1.29, 1.82) is 0 Å².